The molecule has 1 N–H and O–H groups in total. The Morgan fingerprint density at radius 3 is 2.69 bits per heavy atom. The number of carbonyl (C=O) groups excluding carboxylic acids is 2. The predicted molar refractivity (Wildman–Crippen MR) is 112 cm³/mol. The highest BCUT2D eigenvalue weighted by Gasteiger charge is 2.34. The number of amides is 1. The molecule has 1 aliphatic carbocycles. The van der Waals surface area contributed by atoms with Crippen molar-refractivity contribution in [3.05, 3.63) is 46.2 Å². The minimum absolute atomic E-state index is 0.0220. The third-order valence-electron chi connectivity index (χ3n) is 4.80. The molecule has 1 unspecified atom stereocenters. The van der Waals surface area contributed by atoms with Gasteiger partial charge in [0, 0.05) is 16.4 Å². The van der Waals surface area contributed by atoms with E-state index in [-0.39, 0.29) is 12.0 Å². The second-order valence-electron chi connectivity index (χ2n) is 8.18. The molecule has 3 rings (SSSR count). The number of aromatic nitrogens is 2. The van der Waals surface area contributed by atoms with Crippen LogP contribution in [0, 0.1) is 0 Å². The van der Waals surface area contributed by atoms with Crippen LogP contribution in [0.2, 0.25) is 0 Å². The SMILES string of the molecule is COC(=O)c1cnn(-c2cccc(Br)c2)c1C1CC[C@@H](NC(=O)OC(C)(C)C)C1. The van der Waals surface area contributed by atoms with Gasteiger partial charge < -0.3 is 14.8 Å². The van der Waals surface area contributed by atoms with E-state index in [0.717, 1.165) is 28.7 Å². The zero-order chi connectivity index (χ0) is 21.2. The molecule has 7 nitrogen and oxygen atoms in total. The van der Waals surface area contributed by atoms with Crippen molar-refractivity contribution >= 4 is 28.0 Å². The lowest BCUT2D eigenvalue weighted by Crippen LogP contribution is -2.37. The Balaban J connectivity index is 1.85. The van der Waals surface area contributed by atoms with Gasteiger partial charge in [-0.1, -0.05) is 22.0 Å². The summed E-state index contributed by atoms with van der Waals surface area (Å²) >= 11 is 3.48. The summed E-state index contributed by atoms with van der Waals surface area (Å²) in [5.41, 5.74) is 1.58. The standard InChI is InChI=1S/C21H26BrN3O4/c1-21(2,3)29-20(27)24-15-9-8-13(10-15)18-17(19(26)28-4)12-23-25(18)16-7-5-6-14(22)11-16/h5-7,11-13,15H,8-10H2,1-4H3,(H,24,27)/t13?,15-/m1/s1. The molecule has 1 saturated carbocycles. The molecular weight excluding hydrogens is 438 g/mol. The Morgan fingerprint density at radius 2 is 2.03 bits per heavy atom. The molecule has 0 bridgehead atoms. The fourth-order valence-corrected chi connectivity index (χ4v) is 4.05. The van der Waals surface area contributed by atoms with Crippen LogP contribution >= 0.6 is 15.9 Å². The number of nitrogens with zero attached hydrogens (tertiary/aromatic N) is 2. The lowest BCUT2D eigenvalue weighted by molar-refractivity contribution is 0.0503. The summed E-state index contributed by atoms with van der Waals surface area (Å²) in [6.07, 6.45) is 3.45. The summed E-state index contributed by atoms with van der Waals surface area (Å²) in [6, 6.07) is 7.72. The maximum absolute atomic E-state index is 12.3. The van der Waals surface area contributed by atoms with Crippen LogP contribution in [0.5, 0.6) is 0 Å². The van der Waals surface area contributed by atoms with Gasteiger partial charge in [0.05, 0.1) is 24.7 Å². The smallest absolute Gasteiger partial charge is 0.407 e. The molecule has 1 heterocycles. The molecule has 1 aromatic heterocycles. The maximum Gasteiger partial charge on any atom is 0.407 e. The maximum atomic E-state index is 12.3. The summed E-state index contributed by atoms with van der Waals surface area (Å²) < 4.78 is 13.0. The Labute approximate surface area is 178 Å². The highest BCUT2D eigenvalue weighted by Crippen LogP contribution is 2.37. The van der Waals surface area contributed by atoms with E-state index in [9.17, 15) is 9.59 Å². The van der Waals surface area contributed by atoms with E-state index in [1.54, 1.807) is 10.9 Å². The van der Waals surface area contributed by atoms with Gasteiger partial charge in [0.25, 0.3) is 0 Å². The molecule has 156 valence electrons. The van der Waals surface area contributed by atoms with Gasteiger partial charge >= 0.3 is 12.1 Å². The van der Waals surface area contributed by atoms with E-state index in [1.807, 2.05) is 45.0 Å². The van der Waals surface area contributed by atoms with Gasteiger partial charge in [0.15, 0.2) is 0 Å². The van der Waals surface area contributed by atoms with Crippen LogP contribution in [0.4, 0.5) is 4.79 Å². The average molecular weight is 464 g/mol. The molecule has 0 radical (unpaired) electrons. The first kappa shape index (κ1) is 21.4. The molecule has 8 heteroatoms. The van der Waals surface area contributed by atoms with Crippen LogP contribution < -0.4 is 5.32 Å². The van der Waals surface area contributed by atoms with Gasteiger partial charge in [0.2, 0.25) is 0 Å². The Kier molecular flexibility index (Phi) is 6.31. The number of halogens is 1. The number of hydrogen-bond donors (Lipinski definition) is 1. The van der Waals surface area contributed by atoms with Crippen LogP contribution in [0.15, 0.2) is 34.9 Å². The van der Waals surface area contributed by atoms with Crippen LogP contribution in [0.3, 0.4) is 0 Å². The summed E-state index contributed by atoms with van der Waals surface area (Å²) in [4.78, 5) is 24.5. The van der Waals surface area contributed by atoms with E-state index in [0.29, 0.717) is 12.0 Å². The number of alkyl carbamates (subject to hydrolysis) is 1. The summed E-state index contributed by atoms with van der Waals surface area (Å²) in [5.74, 6) is -0.352. The monoisotopic (exact) mass is 463 g/mol. The molecule has 0 spiro atoms. The van der Waals surface area contributed by atoms with Crippen molar-refractivity contribution in [2.24, 2.45) is 0 Å². The summed E-state index contributed by atoms with van der Waals surface area (Å²) in [7, 11) is 1.37. The predicted octanol–water partition coefficient (Wildman–Crippen LogP) is 4.58. The molecule has 1 fully saturated rings. The minimum atomic E-state index is -0.542. The number of rotatable bonds is 4. The van der Waals surface area contributed by atoms with E-state index in [4.69, 9.17) is 9.47 Å². The first-order valence-corrected chi connectivity index (χ1v) is 10.4. The van der Waals surface area contributed by atoms with Crippen LogP contribution in [-0.4, -0.2) is 40.6 Å². The molecule has 1 aliphatic rings. The number of benzene rings is 1. The number of nitrogens with one attached hydrogen (secondary N) is 1. The lowest BCUT2D eigenvalue weighted by Gasteiger charge is -2.22. The molecule has 29 heavy (non-hydrogen) atoms. The van der Waals surface area contributed by atoms with Crippen molar-refractivity contribution in [1.82, 2.24) is 15.1 Å². The van der Waals surface area contributed by atoms with Crippen molar-refractivity contribution in [3.63, 3.8) is 0 Å². The van der Waals surface area contributed by atoms with Crippen molar-refractivity contribution in [1.29, 1.82) is 0 Å². The molecule has 1 amide bonds. The fourth-order valence-electron chi connectivity index (χ4n) is 3.67. The third-order valence-corrected chi connectivity index (χ3v) is 5.30. The van der Waals surface area contributed by atoms with Crippen molar-refractivity contribution in [3.8, 4) is 5.69 Å². The van der Waals surface area contributed by atoms with Crippen LogP contribution in [-0.2, 0) is 9.47 Å². The third kappa shape index (κ3) is 5.18. The van der Waals surface area contributed by atoms with Crippen LogP contribution in [0.25, 0.3) is 5.69 Å². The van der Waals surface area contributed by atoms with E-state index >= 15 is 0 Å². The highest BCUT2D eigenvalue weighted by molar-refractivity contribution is 9.10. The molecule has 2 aromatic rings. The topological polar surface area (TPSA) is 82.5 Å². The number of ether oxygens (including phenoxy) is 2. The van der Waals surface area contributed by atoms with Gasteiger partial charge in [-0.3, -0.25) is 0 Å². The highest BCUT2D eigenvalue weighted by atomic mass is 79.9. The van der Waals surface area contributed by atoms with Gasteiger partial charge in [-0.15, -0.1) is 0 Å². The first-order chi connectivity index (χ1) is 13.7. The number of carbonyl (C=O) groups is 2. The number of esters is 1. The van der Waals surface area contributed by atoms with Gasteiger partial charge in [-0.25, -0.2) is 14.3 Å². The summed E-state index contributed by atoms with van der Waals surface area (Å²) in [6.45, 7) is 5.51. The summed E-state index contributed by atoms with van der Waals surface area (Å²) in [5, 5.41) is 7.40. The molecule has 2 atom stereocenters. The number of hydrogen-bond acceptors (Lipinski definition) is 5. The largest absolute Gasteiger partial charge is 0.465 e. The average Bonchev–Trinajstić information content (AvgIpc) is 3.25. The van der Waals surface area contributed by atoms with Gasteiger partial charge in [-0.05, 0) is 58.2 Å². The normalized spacial score (nSPS) is 19.1. The Morgan fingerprint density at radius 1 is 1.28 bits per heavy atom. The number of methoxy groups -OCH3 is 1. The zero-order valence-electron chi connectivity index (χ0n) is 17.1. The lowest BCUT2D eigenvalue weighted by atomic mass is 9.99. The first-order valence-electron chi connectivity index (χ1n) is 9.59. The van der Waals surface area contributed by atoms with E-state index in [2.05, 4.69) is 26.3 Å². The minimum Gasteiger partial charge on any atom is -0.465 e. The molecule has 0 aliphatic heterocycles. The second-order valence-corrected chi connectivity index (χ2v) is 9.10. The van der Waals surface area contributed by atoms with Gasteiger partial charge in [-0.2, -0.15) is 5.10 Å². The molecule has 1 aromatic carbocycles. The van der Waals surface area contributed by atoms with Crippen molar-refractivity contribution < 1.29 is 19.1 Å². The van der Waals surface area contributed by atoms with Crippen LogP contribution in [0.1, 0.15) is 62.0 Å². The van der Waals surface area contributed by atoms with Crippen molar-refractivity contribution in [2.75, 3.05) is 7.11 Å². The van der Waals surface area contributed by atoms with E-state index in [1.165, 1.54) is 7.11 Å². The Hall–Kier alpha value is -2.35. The molecule has 0 saturated heterocycles. The second kappa shape index (κ2) is 8.57. The van der Waals surface area contributed by atoms with Gasteiger partial charge in [0.1, 0.15) is 11.2 Å². The quantitative estimate of drug-likeness (QED) is 0.670. The van der Waals surface area contributed by atoms with Crippen molar-refractivity contribution in [2.45, 2.75) is 57.6 Å². The Bertz CT molecular complexity index is 904. The molecular formula is C21H26BrN3O4. The zero-order valence-corrected chi connectivity index (χ0v) is 18.7. The fraction of sp³-hybridized carbons (Fsp3) is 0.476. The van der Waals surface area contributed by atoms with E-state index < -0.39 is 17.7 Å².